The van der Waals surface area contributed by atoms with Crippen molar-refractivity contribution < 1.29 is 18.0 Å². The first kappa shape index (κ1) is 21.3. The van der Waals surface area contributed by atoms with Gasteiger partial charge in [-0.25, -0.2) is 17.6 Å². The lowest BCUT2D eigenvalue weighted by Crippen LogP contribution is -2.35. The molecule has 0 unspecified atom stereocenters. The van der Waals surface area contributed by atoms with Gasteiger partial charge >= 0.3 is 0 Å². The van der Waals surface area contributed by atoms with Crippen molar-refractivity contribution in [3.63, 3.8) is 0 Å². The number of aryl methyl sites for hydroxylation is 2. The minimum absolute atomic E-state index is 0.0233. The molecule has 29 heavy (non-hydrogen) atoms. The van der Waals surface area contributed by atoms with Gasteiger partial charge in [-0.2, -0.15) is 0 Å². The Hall–Kier alpha value is -2.42. The molecule has 0 aromatic heterocycles. The van der Waals surface area contributed by atoms with Crippen molar-refractivity contribution in [1.82, 2.24) is 4.31 Å². The van der Waals surface area contributed by atoms with Gasteiger partial charge in [-0.3, -0.25) is 9.59 Å². The van der Waals surface area contributed by atoms with Crippen molar-refractivity contribution in [1.29, 1.82) is 0 Å². The monoisotopic (exact) mass is 435 g/mol. The molecule has 1 aliphatic rings. The van der Waals surface area contributed by atoms with E-state index in [1.54, 1.807) is 12.1 Å². The van der Waals surface area contributed by atoms with E-state index in [0.717, 1.165) is 15.4 Å². The van der Waals surface area contributed by atoms with Crippen molar-refractivity contribution in [2.75, 3.05) is 24.3 Å². The van der Waals surface area contributed by atoms with Crippen molar-refractivity contribution in [2.24, 2.45) is 0 Å². The second kappa shape index (κ2) is 7.78. The lowest BCUT2D eigenvalue weighted by molar-refractivity contribution is -0.121. The van der Waals surface area contributed by atoms with Crippen LogP contribution < -0.4 is 10.2 Å². The van der Waals surface area contributed by atoms with Crippen LogP contribution in [0.5, 0.6) is 0 Å². The quantitative estimate of drug-likeness (QED) is 0.729. The van der Waals surface area contributed by atoms with Crippen LogP contribution in [0.25, 0.3) is 0 Å². The normalized spacial score (nSPS) is 17.3. The number of sulfonamides is 1. The Bertz CT molecular complexity index is 1100. The number of hydrogen-bond donors (Lipinski definition) is 1. The van der Waals surface area contributed by atoms with Crippen LogP contribution in [0.1, 0.15) is 17.5 Å². The molecule has 1 atom stereocenters. The van der Waals surface area contributed by atoms with Gasteiger partial charge in [-0.15, -0.1) is 0 Å². The first-order valence-electron chi connectivity index (χ1n) is 8.95. The van der Waals surface area contributed by atoms with E-state index in [2.05, 4.69) is 5.32 Å². The molecule has 154 valence electrons. The fourth-order valence-corrected chi connectivity index (χ4v) is 4.64. The smallest absolute Gasteiger partial charge is 0.256 e. The van der Waals surface area contributed by atoms with Crippen molar-refractivity contribution in [2.45, 2.75) is 31.2 Å². The summed E-state index contributed by atoms with van der Waals surface area (Å²) in [6.07, 6.45) is -0.0233. The molecule has 9 heteroatoms. The Morgan fingerprint density at radius 3 is 2.41 bits per heavy atom. The number of hydrogen-bond acceptors (Lipinski definition) is 5. The highest BCUT2D eigenvalue weighted by atomic mass is 35.5. The van der Waals surface area contributed by atoms with Crippen LogP contribution >= 0.6 is 11.6 Å². The minimum Gasteiger partial charge on any atom is -0.373 e. The predicted molar refractivity (Wildman–Crippen MR) is 113 cm³/mol. The summed E-state index contributed by atoms with van der Waals surface area (Å²) in [7, 11) is -0.933. The lowest BCUT2D eigenvalue weighted by atomic mass is 10.1. The van der Waals surface area contributed by atoms with Crippen LogP contribution in [-0.2, 0) is 19.6 Å². The Labute approximate surface area is 175 Å². The summed E-state index contributed by atoms with van der Waals surface area (Å²) in [5.74, 6) is -0.691. The molecule has 2 aromatic rings. The van der Waals surface area contributed by atoms with Crippen LogP contribution in [-0.4, -0.2) is 44.7 Å². The van der Waals surface area contributed by atoms with E-state index < -0.39 is 16.1 Å². The lowest BCUT2D eigenvalue weighted by Gasteiger charge is -2.19. The van der Waals surface area contributed by atoms with E-state index in [1.165, 1.54) is 31.1 Å². The first-order chi connectivity index (χ1) is 13.5. The number of nitrogens with zero attached hydrogens (tertiary/aromatic N) is 2. The zero-order chi connectivity index (χ0) is 21.5. The van der Waals surface area contributed by atoms with E-state index in [1.807, 2.05) is 26.0 Å². The Kier molecular flexibility index (Phi) is 5.71. The number of halogens is 1. The average Bonchev–Trinajstić information content (AvgIpc) is 2.90. The van der Waals surface area contributed by atoms with Crippen LogP contribution in [0.3, 0.4) is 0 Å². The van der Waals surface area contributed by atoms with E-state index in [9.17, 15) is 18.0 Å². The fourth-order valence-electron chi connectivity index (χ4n) is 3.24. The highest BCUT2D eigenvalue weighted by Gasteiger charge is 2.40. The van der Waals surface area contributed by atoms with E-state index in [0.29, 0.717) is 11.4 Å². The van der Waals surface area contributed by atoms with Gasteiger partial charge in [0.05, 0.1) is 17.1 Å². The SMILES string of the molecule is Cc1ccc(N2C(=O)C[C@H](Nc3ccc(Cl)c(S(=O)(=O)N(C)C)c3)C2=O)c(C)c1. The Balaban J connectivity index is 1.89. The topological polar surface area (TPSA) is 86.8 Å². The van der Waals surface area contributed by atoms with Gasteiger partial charge in [-0.05, 0) is 43.7 Å². The highest BCUT2D eigenvalue weighted by Crippen LogP contribution is 2.30. The molecule has 2 amide bonds. The number of rotatable bonds is 5. The Morgan fingerprint density at radius 2 is 1.79 bits per heavy atom. The maximum atomic E-state index is 12.9. The van der Waals surface area contributed by atoms with Crippen LogP contribution in [0.15, 0.2) is 41.3 Å². The molecule has 1 N–H and O–H groups in total. The summed E-state index contributed by atoms with van der Waals surface area (Å²) in [4.78, 5) is 26.5. The number of carbonyl (C=O) groups is 2. The summed E-state index contributed by atoms with van der Waals surface area (Å²) in [5, 5.41) is 3.06. The van der Waals surface area contributed by atoms with Gasteiger partial charge in [0, 0.05) is 19.8 Å². The number of imide groups is 1. The zero-order valence-electron chi connectivity index (χ0n) is 16.6. The van der Waals surface area contributed by atoms with E-state index >= 15 is 0 Å². The van der Waals surface area contributed by atoms with Crippen molar-refractivity contribution in [3.05, 3.63) is 52.5 Å². The number of nitrogens with one attached hydrogen (secondary N) is 1. The molecule has 1 saturated heterocycles. The standard InChI is InChI=1S/C20H22ClN3O4S/c1-12-5-8-17(13(2)9-12)24-19(25)11-16(20(24)26)22-14-6-7-15(21)18(10-14)29(27,28)23(3)4/h5-10,16,22H,11H2,1-4H3/t16-/m0/s1. The molecule has 1 heterocycles. The summed E-state index contributed by atoms with van der Waals surface area (Å²) in [6, 6.07) is 9.12. The summed E-state index contributed by atoms with van der Waals surface area (Å²) in [5.41, 5.74) is 2.82. The number of amides is 2. The number of benzene rings is 2. The molecule has 0 radical (unpaired) electrons. The average molecular weight is 436 g/mol. The fraction of sp³-hybridized carbons (Fsp3) is 0.300. The molecule has 7 nitrogen and oxygen atoms in total. The van der Waals surface area contributed by atoms with E-state index in [4.69, 9.17) is 11.6 Å². The van der Waals surface area contributed by atoms with Gasteiger partial charge in [0.25, 0.3) is 5.91 Å². The third-order valence-corrected chi connectivity index (χ3v) is 7.07. The number of anilines is 2. The maximum Gasteiger partial charge on any atom is 0.256 e. The molecule has 0 saturated carbocycles. The molecule has 0 spiro atoms. The Morgan fingerprint density at radius 1 is 1.10 bits per heavy atom. The summed E-state index contributed by atoms with van der Waals surface area (Å²) < 4.78 is 25.9. The largest absolute Gasteiger partial charge is 0.373 e. The second-order valence-electron chi connectivity index (χ2n) is 7.19. The molecule has 0 bridgehead atoms. The molecule has 1 aliphatic heterocycles. The van der Waals surface area contributed by atoms with E-state index in [-0.39, 0.29) is 28.2 Å². The molecule has 1 fully saturated rings. The second-order valence-corrected chi connectivity index (χ2v) is 9.72. The van der Waals surface area contributed by atoms with Gasteiger partial charge in [0.15, 0.2) is 0 Å². The zero-order valence-corrected chi connectivity index (χ0v) is 18.1. The van der Waals surface area contributed by atoms with Gasteiger partial charge < -0.3 is 5.32 Å². The summed E-state index contributed by atoms with van der Waals surface area (Å²) in [6.45, 7) is 3.79. The molecule has 2 aromatic carbocycles. The maximum absolute atomic E-state index is 12.9. The third kappa shape index (κ3) is 4.01. The molecular formula is C20H22ClN3O4S. The van der Waals surface area contributed by atoms with Crippen molar-refractivity contribution >= 4 is 44.8 Å². The van der Waals surface area contributed by atoms with Crippen LogP contribution in [0.4, 0.5) is 11.4 Å². The summed E-state index contributed by atoms with van der Waals surface area (Å²) >= 11 is 6.06. The number of carbonyl (C=O) groups excluding carboxylic acids is 2. The van der Waals surface area contributed by atoms with Gasteiger partial charge in [0.2, 0.25) is 15.9 Å². The van der Waals surface area contributed by atoms with Crippen LogP contribution in [0.2, 0.25) is 5.02 Å². The molecular weight excluding hydrogens is 414 g/mol. The first-order valence-corrected chi connectivity index (χ1v) is 10.8. The predicted octanol–water partition coefficient (Wildman–Crippen LogP) is 2.95. The molecule has 0 aliphatic carbocycles. The van der Waals surface area contributed by atoms with Gasteiger partial charge in [-0.1, -0.05) is 29.3 Å². The third-order valence-electron chi connectivity index (χ3n) is 4.77. The molecule has 3 rings (SSSR count). The minimum atomic E-state index is -3.75. The van der Waals surface area contributed by atoms with Crippen LogP contribution in [0, 0.1) is 13.8 Å². The van der Waals surface area contributed by atoms with Gasteiger partial charge in [0.1, 0.15) is 10.9 Å². The van der Waals surface area contributed by atoms with Crippen molar-refractivity contribution in [3.8, 4) is 0 Å². The highest BCUT2D eigenvalue weighted by molar-refractivity contribution is 7.89.